The van der Waals surface area contributed by atoms with Gasteiger partial charge in [0.25, 0.3) is 0 Å². The van der Waals surface area contributed by atoms with Gasteiger partial charge in [-0.05, 0) is 54.8 Å². The van der Waals surface area contributed by atoms with E-state index in [0.717, 1.165) is 12.1 Å². The van der Waals surface area contributed by atoms with E-state index in [0.29, 0.717) is 31.0 Å². The molecule has 0 amide bonds. The normalized spacial score (nSPS) is 11.4. The number of phenolic OH excluding ortho intramolecular Hbond substituents is 1. The molecule has 0 saturated carbocycles. The van der Waals surface area contributed by atoms with Crippen LogP contribution in [0, 0.1) is 17.5 Å². The van der Waals surface area contributed by atoms with Crippen molar-refractivity contribution in [3.8, 4) is 5.75 Å². The zero-order valence-electron chi connectivity index (χ0n) is 13.8. The highest BCUT2D eigenvalue weighted by Crippen LogP contribution is 2.16. The fourth-order valence-electron chi connectivity index (χ4n) is 2.21. The van der Waals surface area contributed by atoms with Crippen molar-refractivity contribution in [2.24, 2.45) is 4.99 Å². The molecule has 0 aromatic heterocycles. The lowest BCUT2D eigenvalue weighted by molar-refractivity contribution is 0.432. The lowest BCUT2D eigenvalue weighted by Crippen LogP contribution is -2.38. The summed E-state index contributed by atoms with van der Waals surface area (Å²) in [6, 6.07) is 7.41. The second-order valence-corrected chi connectivity index (χ2v) is 5.39. The van der Waals surface area contributed by atoms with Crippen LogP contribution in [0.1, 0.15) is 18.1 Å². The molecule has 0 spiro atoms. The molecule has 3 N–H and O–H groups in total. The third-order valence-corrected chi connectivity index (χ3v) is 3.47. The Morgan fingerprint density at radius 3 is 2.56 bits per heavy atom. The molecular weight excluding hydrogens is 331 g/mol. The zero-order valence-corrected chi connectivity index (χ0v) is 13.8. The lowest BCUT2D eigenvalue weighted by Gasteiger charge is -2.12. The molecule has 0 fully saturated rings. The van der Waals surface area contributed by atoms with Crippen LogP contribution >= 0.6 is 0 Å². The first kappa shape index (κ1) is 18.6. The predicted molar refractivity (Wildman–Crippen MR) is 90.9 cm³/mol. The topological polar surface area (TPSA) is 56.7 Å². The van der Waals surface area contributed by atoms with E-state index in [9.17, 15) is 18.3 Å². The molecule has 2 aromatic carbocycles. The van der Waals surface area contributed by atoms with Crippen molar-refractivity contribution in [1.82, 2.24) is 10.6 Å². The van der Waals surface area contributed by atoms with Gasteiger partial charge in [0, 0.05) is 13.1 Å². The number of phenols is 1. The van der Waals surface area contributed by atoms with E-state index < -0.39 is 23.2 Å². The van der Waals surface area contributed by atoms with Gasteiger partial charge in [-0.15, -0.1) is 0 Å². The smallest absolute Gasteiger partial charge is 0.191 e. The Bertz CT molecular complexity index is 750. The Morgan fingerprint density at radius 2 is 1.84 bits per heavy atom. The summed E-state index contributed by atoms with van der Waals surface area (Å²) in [7, 11) is 0. The van der Waals surface area contributed by atoms with Crippen molar-refractivity contribution in [2.75, 3.05) is 13.1 Å². The first-order valence-corrected chi connectivity index (χ1v) is 7.93. The fraction of sp³-hybridized carbons (Fsp3) is 0.278. The minimum atomic E-state index is -0.702. The van der Waals surface area contributed by atoms with Crippen molar-refractivity contribution < 1.29 is 18.3 Å². The first-order chi connectivity index (χ1) is 12.0. The molecule has 2 rings (SSSR count). The Balaban J connectivity index is 1.95. The summed E-state index contributed by atoms with van der Waals surface area (Å²) in [5.41, 5.74) is 0.882. The molecule has 7 heteroatoms. The van der Waals surface area contributed by atoms with E-state index in [1.54, 1.807) is 6.07 Å². The van der Waals surface area contributed by atoms with Crippen LogP contribution in [-0.4, -0.2) is 24.2 Å². The van der Waals surface area contributed by atoms with Gasteiger partial charge < -0.3 is 15.7 Å². The number of nitrogens with zero attached hydrogens (tertiary/aromatic N) is 1. The van der Waals surface area contributed by atoms with Gasteiger partial charge >= 0.3 is 0 Å². The van der Waals surface area contributed by atoms with Crippen LogP contribution in [0.4, 0.5) is 13.2 Å². The molecule has 0 aliphatic carbocycles. The molecule has 0 bridgehead atoms. The van der Waals surface area contributed by atoms with Crippen molar-refractivity contribution in [2.45, 2.75) is 19.9 Å². The number of aliphatic imine (C=N–C) groups is 1. The maximum absolute atomic E-state index is 13.6. The average molecular weight is 351 g/mol. The van der Waals surface area contributed by atoms with Gasteiger partial charge in [0.2, 0.25) is 0 Å². The molecule has 4 nitrogen and oxygen atoms in total. The minimum absolute atomic E-state index is 0.209. The highest BCUT2D eigenvalue weighted by atomic mass is 19.1. The largest absolute Gasteiger partial charge is 0.505 e. The van der Waals surface area contributed by atoms with Gasteiger partial charge in [-0.1, -0.05) is 6.07 Å². The highest BCUT2D eigenvalue weighted by molar-refractivity contribution is 5.79. The van der Waals surface area contributed by atoms with Gasteiger partial charge in [-0.2, -0.15) is 0 Å². The number of aromatic hydroxyl groups is 1. The molecule has 134 valence electrons. The summed E-state index contributed by atoms with van der Waals surface area (Å²) >= 11 is 0. The fourth-order valence-corrected chi connectivity index (χ4v) is 2.21. The van der Waals surface area contributed by atoms with E-state index in [1.807, 2.05) is 6.92 Å². The number of hydrogen-bond donors (Lipinski definition) is 3. The van der Waals surface area contributed by atoms with Gasteiger partial charge in [0.1, 0.15) is 11.6 Å². The second kappa shape index (κ2) is 8.96. The average Bonchev–Trinajstić information content (AvgIpc) is 2.58. The van der Waals surface area contributed by atoms with Crippen molar-refractivity contribution >= 4 is 5.96 Å². The lowest BCUT2D eigenvalue weighted by atomic mass is 10.1. The molecular formula is C18H20F3N3O. The number of nitrogens with one attached hydrogen (secondary N) is 2. The van der Waals surface area contributed by atoms with E-state index in [2.05, 4.69) is 15.6 Å². The standard InChI is InChI=1S/C18H20F3N3O/c1-2-22-18(24-11-12-3-6-17(25)16(21)9-12)23-8-7-13-10-14(19)4-5-15(13)20/h3-6,9-10,25H,2,7-8,11H2,1H3,(H2,22,23,24). The predicted octanol–water partition coefficient (Wildman–Crippen LogP) is 3.11. The molecule has 0 aliphatic heterocycles. The molecule has 2 aromatic rings. The van der Waals surface area contributed by atoms with Crippen LogP contribution in [0.2, 0.25) is 0 Å². The van der Waals surface area contributed by atoms with E-state index in [-0.39, 0.29) is 12.1 Å². The van der Waals surface area contributed by atoms with E-state index in [4.69, 9.17) is 0 Å². The summed E-state index contributed by atoms with van der Waals surface area (Å²) in [4.78, 5) is 4.30. The molecule has 25 heavy (non-hydrogen) atoms. The minimum Gasteiger partial charge on any atom is -0.505 e. The molecule has 0 aliphatic rings. The zero-order chi connectivity index (χ0) is 18.2. The Labute approximate surface area is 144 Å². The quantitative estimate of drug-likeness (QED) is 0.554. The van der Waals surface area contributed by atoms with E-state index in [1.165, 1.54) is 18.2 Å². The molecule has 0 radical (unpaired) electrons. The third kappa shape index (κ3) is 5.70. The Morgan fingerprint density at radius 1 is 1.04 bits per heavy atom. The van der Waals surface area contributed by atoms with Crippen LogP contribution < -0.4 is 10.6 Å². The first-order valence-electron chi connectivity index (χ1n) is 7.93. The van der Waals surface area contributed by atoms with Gasteiger partial charge in [0.05, 0.1) is 6.54 Å². The highest BCUT2D eigenvalue weighted by Gasteiger charge is 2.05. The summed E-state index contributed by atoms with van der Waals surface area (Å²) in [5.74, 6) is -1.56. The Hall–Kier alpha value is -2.70. The van der Waals surface area contributed by atoms with Crippen molar-refractivity contribution in [3.63, 3.8) is 0 Å². The van der Waals surface area contributed by atoms with Crippen LogP contribution in [0.5, 0.6) is 5.75 Å². The van der Waals surface area contributed by atoms with E-state index >= 15 is 0 Å². The van der Waals surface area contributed by atoms with Crippen LogP contribution in [-0.2, 0) is 13.0 Å². The number of benzene rings is 2. The molecule has 0 heterocycles. The van der Waals surface area contributed by atoms with Gasteiger partial charge in [0.15, 0.2) is 17.5 Å². The Kier molecular flexibility index (Phi) is 6.68. The summed E-state index contributed by atoms with van der Waals surface area (Å²) < 4.78 is 40.1. The monoisotopic (exact) mass is 351 g/mol. The SMILES string of the molecule is CCNC(=NCc1ccc(O)c(F)c1)NCCc1cc(F)ccc1F. The molecule has 0 atom stereocenters. The third-order valence-electron chi connectivity index (χ3n) is 3.47. The second-order valence-electron chi connectivity index (χ2n) is 5.39. The number of hydrogen-bond acceptors (Lipinski definition) is 2. The van der Waals surface area contributed by atoms with Crippen LogP contribution in [0.25, 0.3) is 0 Å². The van der Waals surface area contributed by atoms with Crippen LogP contribution in [0.3, 0.4) is 0 Å². The van der Waals surface area contributed by atoms with Crippen LogP contribution in [0.15, 0.2) is 41.4 Å². The number of guanidine groups is 1. The van der Waals surface area contributed by atoms with Gasteiger partial charge in [-0.25, -0.2) is 18.2 Å². The van der Waals surface area contributed by atoms with Gasteiger partial charge in [-0.3, -0.25) is 0 Å². The summed E-state index contributed by atoms with van der Waals surface area (Å²) in [5, 5.41) is 15.2. The van der Waals surface area contributed by atoms with Crippen molar-refractivity contribution in [1.29, 1.82) is 0 Å². The molecule has 0 unspecified atom stereocenters. The molecule has 0 saturated heterocycles. The number of rotatable bonds is 6. The summed E-state index contributed by atoms with van der Waals surface area (Å²) in [6.45, 7) is 3.07. The maximum atomic E-state index is 13.6. The maximum Gasteiger partial charge on any atom is 0.191 e. The summed E-state index contributed by atoms with van der Waals surface area (Å²) in [6.07, 6.45) is 0.293. The number of halogens is 3. The van der Waals surface area contributed by atoms with Crippen molar-refractivity contribution in [3.05, 3.63) is 65.0 Å².